The van der Waals surface area contributed by atoms with Gasteiger partial charge in [0.25, 0.3) is 0 Å². The summed E-state index contributed by atoms with van der Waals surface area (Å²) in [6.07, 6.45) is 1.34. The Kier molecular flexibility index (Phi) is 1.29. The van der Waals surface area contributed by atoms with E-state index in [1.165, 1.54) is 0 Å². The van der Waals surface area contributed by atoms with Crippen molar-refractivity contribution in [2.75, 3.05) is 0 Å². The summed E-state index contributed by atoms with van der Waals surface area (Å²) in [5.41, 5.74) is -0.0330. The van der Waals surface area contributed by atoms with Crippen LogP contribution in [-0.2, 0) is 9.78 Å². The molecule has 1 unspecified atom stereocenters. The third kappa shape index (κ3) is 0.740. The zero-order valence-electron chi connectivity index (χ0n) is 5.60. The number of hydrogen-bond donors (Lipinski definition) is 0. The van der Waals surface area contributed by atoms with Crippen LogP contribution in [0, 0.1) is 0 Å². The molecule has 0 saturated carbocycles. The first-order valence-corrected chi connectivity index (χ1v) is 3.01. The van der Waals surface area contributed by atoms with Crippen LogP contribution in [0.3, 0.4) is 0 Å². The molecule has 0 radical (unpaired) electrons. The molecule has 48 valence electrons. The van der Waals surface area contributed by atoms with Crippen molar-refractivity contribution >= 4 is 0 Å². The highest BCUT2D eigenvalue weighted by molar-refractivity contribution is 4.81. The highest BCUT2D eigenvalue weighted by Crippen LogP contribution is 2.30. The van der Waals surface area contributed by atoms with Crippen molar-refractivity contribution in [1.29, 1.82) is 0 Å². The van der Waals surface area contributed by atoms with Crippen molar-refractivity contribution in [2.45, 2.75) is 38.9 Å². The predicted octanol–water partition coefficient (Wildman–Crippen LogP) is 1.51. The van der Waals surface area contributed by atoms with Gasteiger partial charge in [0.2, 0.25) is 0 Å². The molecular weight excluding hydrogens is 104 g/mol. The van der Waals surface area contributed by atoms with E-state index in [0.29, 0.717) is 6.10 Å². The van der Waals surface area contributed by atoms with Gasteiger partial charge >= 0.3 is 0 Å². The molecule has 1 aliphatic rings. The average molecular weight is 116 g/mol. The van der Waals surface area contributed by atoms with Crippen LogP contribution in [0.4, 0.5) is 0 Å². The smallest absolute Gasteiger partial charge is 0.127 e. The molecule has 0 aromatic rings. The van der Waals surface area contributed by atoms with Crippen molar-refractivity contribution in [3.05, 3.63) is 0 Å². The van der Waals surface area contributed by atoms with Crippen LogP contribution in [0.15, 0.2) is 0 Å². The van der Waals surface area contributed by atoms with E-state index in [1.54, 1.807) is 0 Å². The van der Waals surface area contributed by atoms with Crippen molar-refractivity contribution < 1.29 is 9.78 Å². The Balaban J connectivity index is 2.37. The molecule has 0 spiro atoms. The van der Waals surface area contributed by atoms with Crippen LogP contribution in [0.25, 0.3) is 0 Å². The second-order valence-electron chi connectivity index (χ2n) is 2.68. The van der Waals surface area contributed by atoms with Gasteiger partial charge in [-0.15, -0.1) is 0 Å². The standard InChI is InChI=1S/C6H12O2/c1-4-5-6(2,3)8-7-5/h5H,4H2,1-3H3. The second kappa shape index (κ2) is 1.71. The van der Waals surface area contributed by atoms with Crippen LogP contribution < -0.4 is 0 Å². The van der Waals surface area contributed by atoms with Crippen LogP contribution in [0.2, 0.25) is 0 Å². The van der Waals surface area contributed by atoms with Gasteiger partial charge in [0.1, 0.15) is 11.7 Å². The van der Waals surface area contributed by atoms with E-state index in [-0.39, 0.29) is 5.60 Å². The van der Waals surface area contributed by atoms with Crippen LogP contribution in [0.5, 0.6) is 0 Å². The highest BCUT2D eigenvalue weighted by atomic mass is 17.3. The summed E-state index contributed by atoms with van der Waals surface area (Å²) < 4.78 is 0. The summed E-state index contributed by atoms with van der Waals surface area (Å²) in [5.74, 6) is 0. The first-order valence-electron chi connectivity index (χ1n) is 3.01. The summed E-state index contributed by atoms with van der Waals surface area (Å²) in [6, 6.07) is 0. The zero-order chi connectivity index (χ0) is 6.20. The van der Waals surface area contributed by atoms with Crippen molar-refractivity contribution in [1.82, 2.24) is 0 Å². The maximum atomic E-state index is 4.82. The lowest BCUT2D eigenvalue weighted by atomic mass is 9.98. The Morgan fingerprint density at radius 3 is 2.12 bits per heavy atom. The lowest BCUT2D eigenvalue weighted by molar-refractivity contribution is -0.500. The maximum absolute atomic E-state index is 4.82. The van der Waals surface area contributed by atoms with E-state index >= 15 is 0 Å². The first-order chi connectivity index (χ1) is 3.67. The SMILES string of the molecule is CCC1OOC1(C)C. The summed E-state index contributed by atoms with van der Waals surface area (Å²) in [5, 5.41) is 0. The Morgan fingerprint density at radius 2 is 2.12 bits per heavy atom. The molecule has 1 atom stereocenters. The molecule has 8 heavy (non-hydrogen) atoms. The largest absolute Gasteiger partial charge is 0.230 e. The summed E-state index contributed by atoms with van der Waals surface area (Å²) in [7, 11) is 0. The van der Waals surface area contributed by atoms with Gasteiger partial charge in [0.05, 0.1) is 0 Å². The quantitative estimate of drug-likeness (QED) is 0.483. The summed E-state index contributed by atoms with van der Waals surface area (Å²) in [6.45, 7) is 6.16. The molecular formula is C6H12O2. The fraction of sp³-hybridized carbons (Fsp3) is 1.00. The Labute approximate surface area is 49.7 Å². The minimum atomic E-state index is -0.0330. The lowest BCUT2D eigenvalue weighted by Gasteiger charge is -2.41. The van der Waals surface area contributed by atoms with Gasteiger partial charge in [-0.3, -0.25) is 0 Å². The molecule has 2 nitrogen and oxygen atoms in total. The topological polar surface area (TPSA) is 18.5 Å². The third-order valence-corrected chi connectivity index (χ3v) is 1.53. The molecule has 0 aromatic heterocycles. The molecule has 0 aromatic carbocycles. The average Bonchev–Trinajstić information content (AvgIpc) is 1.66. The Morgan fingerprint density at radius 1 is 1.50 bits per heavy atom. The van der Waals surface area contributed by atoms with Gasteiger partial charge in [0, 0.05) is 0 Å². The summed E-state index contributed by atoms with van der Waals surface area (Å²) in [4.78, 5) is 9.62. The molecule has 1 rings (SSSR count). The van der Waals surface area contributed by atoms with Gasteiger partial charge in [0.15, 0.2) is 0 Å². The number of rotatable bonds is 1. The van der Waals surface area contributed by atoms with E-state index in [2.05, 4.69) is 6.92 Å². The highest BCUT2D eigenvalue weighted by Gasteiger charge is 2.41. The molecule has 0 bridgehead atoms. The normalized spacial score (nSPS) is 34.1. The lowest BCUT2D eigenvalue weighted by Crippen LogP contribution is -2.51. The Hall–Kier alpha value is -0.0800. The predicted molar refractivity (Wildman–Crippen MR) is 30.3 cm³/mol. The fourth-order valence-corrected chi connectivity index (χ4v) is 0.868. The van der Waals surface area contributed by atoms with Crippen molar-refractivity contribution in [3.8, 4) is 0 Å². The second-order valence-corrected chi connectivity index (χ2v) is 2.68. The first kappa shape index (κ1) is 6.05. The van der Waals surface area contributed by atoms with E-state index < -0.39 is 0 Å². The zero-order valence-corrected chi connectivity index (χ0v) is 5.60. The molecule has 0 N–H and O–H groups in total. The van der Waals surface area contributed by atoms with Crippen LogP contribution >= 0.6 is 0 Å². The molecule has 1 fully saturated rings. The molecule has 0 aliphatic carbocycles. The van der Waals surface area contributed by atoms with Crippen molar-refractivity contribution in [2.24, 2.45) is 0 Å². The van der Waals surface area contributed by atoms with Gasteiger partial charge in [-0.2, -0.15) is 0 Å². The molecule has 1 saturated heterocycles. The maximum Gasteiger partial charge on any atom is 0.127 e. The molecule has 0 amide bonds. The minimum absolute atomic E-state index is 0.0330. The van der Waals surface area contributed by atoms with Gasteiger partial charge in [-0.1, -0.05) is 6.92 Å². The van der Waals surface area contributed by atoms with E-state index in [9.17, 15) is 0 Å². The summed E-state index contributed by atoms with van der Waals surface area (Å²) >= 11 is 0. The van der Waals surface area contributed by atoms with E-state index in [1.807, 2.05) is 13.8 Å². The molecule has 1 aliphatic heterocycles. The van der Waals surface area contributed by atoms with Crippen LogP contribution in [0.1, 0.15) is 27.2 Å². The fourth-order valence-electron chi connectivity index (χ4n) is 0.868. The van der Waals surface area contributed by atoms with E-state index in [4.69, 9.17) is 9.78 Å². The molecule has 1 heterocycles. The van der Waals surface area contributed by atoms with Gasteiger partial charge < -0.3 is 0 Å². The van der Waals surface area contributed by atoms with Gasteiger partial charge in [-0.25, -0.2) is 9.78 Å². The van der Waals surface area contributed by atoms with Crippen LogP contribution in [-0.4, -0.2) is 11.7 Å². The van der Waals surface area contributed by atoms with E-state index in [0.717, 1.165) is 6.42 Å². The minimum Gasteiger partial charge on any atom is -0.230 e. The number of hydrogen-bond acceptors (Lipinski definition) is 2. The Bertz CT molecular complexity index is 86.5. The van der Waals surface area contributed by atoms with Gasteiger partial charge in [-0.05, 0) is 20.3 Å². The third-order valence-electron chi connectivity index (χ3n) is 1.53. The molecule has 2 heteroatoms. The van der Waals surface area contributed by atoms with Crippen molar-refractivity contribution in [3.63, 3.8) is 0 Å². The monoisotopic (exact) mass is 116 g/mol.